The number of benzene rings is 1. The average Bonchev–Trinajstić information content (AvgIpc) is 2.68. The van der Waals surface area contributed by atoms with Gasteiger partial charge in [-0.1, -0.05) is 31.5 Å². The third-order valence-electron chi connectivity index (χ3n) is 4.15. The van der Waals surface area contributed by atoms with Gasteiger partial charge in [-0.25, -0.2) is 4.79 Å². The lowest BCUT2D eigenvalue weighted by atomic mass is 9.99. The topological polar surface area (TPSA) is 126 Å². The second-order valence-corrected chi connectivity index (χ2v) is 6.21. The number of rotatable bonds is 8. The van der Waals surface area contributed by atoms with E-state index in [4.69, 9.17) is 14.2 Å². The van der Waals surface area contributed by atoms with Gasteiger partial charge < -0.3 is 34.6 Å². The smallest absolute Gasteiger partial charge is 0.330 e. The minimum Gasteiger partial charge on any atom is -0.463 e. The summed E-state index contributed by atoms with van der Waals surface area (Å²) in [5.41, 5.74) is 0.530. The summed E-state index contributed by atoms with van der Waals surface area (Å²) in [5.74, 6) is -0.189. The Balaban J connectivity index is 2.07. The molecular formula is C19H26O8. The molecule has 27 heavy (non-hydrogen) atoms. The Kier molecular flexibility index (Phi) is 8.21. The summed E-state index contributed by atoms with van der Waals surface area (Å²) >= 11 is 0. The second-order valence-electron chi connectivity index (χ2n) is 6.21. The van der Waals surface area contributed by atoms with Gasteiger partial charge in [-0.05, 0) is 18.6 Å². The fraction of sp³-hybridized carbons (Fsp3) is 0.526. The first-order chi connectivity index (χ1) is 13.0. The molecule has 8 heteroatoms. The number of aliphatic hydroxyl groups is 4. The molecule has 0 aromatic heterocycles. The molecule has 150 valence electrons. The molecule has 0 radical (unpaired) electrons. The highest BCUT2D eigenvalue weighted by Crippen LogP contribution is 2.27. The number of hydrogen-bond donors (Lipinski definition) is 4. The Morgan fingerprint density at radius 1 is 1.19 bits per heavy atom. The lowest BCUT2D eigenvalue weighted by Gasteiger charge is -2.39. The van der Waals surface area contributed by atoms with E-state index in [2.05, 4.69) is 0 Å². The maximum atomic E-state index is 11.7. The molecular weight excluding hydrogens is 356 g/mol. The van der Waals surface area contributed by atoms with E-state index in [1.54, 1.807) is 24.3 Å². The van der Waals surface area contributed by atoms with Gasteiger partial charge in [0, 0.05) is 11.6 Å². The van der Waals surface area contributed by atoms with Crippen LogP contribution in [0.25, 0.3) is 6.08 Å². The van der Waals surface area contributed by atoms with E-state index in [9.17, 15) is 25.2 Å². The molecule has 0 saturated carbocycles. The van der Waals surface area contributed by atoms with Gasteiger partial charge in [-0.3, -0.25) is 0 Å². The molecule has 0 amide bonds. The molecule has 5 atom stereocenters. The molecule has 1 aliphatic heterocycles. The quantitative estimate of drug-likeness (QED) is 0.286. The summed E-state index contributed by atoms with van der Waals surface area (Å²) in [6, 6.07) is 6.72. The monoisotopic (exact) mass is 382 g/mol. The van der Waals surface area contributed by atoms with Crippen LogP contribution >= 0.6 is 0 Å². The standard InChI is InChI=1S/C19H26O8/c1-2-3-10-25-15(21)9-8-12-6-4-5-7-13(12)26-19-18(24)17(23)16(22)14(11-20)27-19/h4-9,14,16-20,22-24H,2-3,10-11H2,1H3/b9-8-/t14-,16-,17+,18-,19-/m1/s1. The number of carbonyl (C=O) groups excluding carboxylic acids is 1. The number of unbranched alkanes of at least 4 members (excludes halogenated alkanes) is 1. The molecule has 8 nitrogen and oxygen atoms in total. The van der Waals surface area contributed by atoms with Crippen LogP contribution in [0.15, 0.2) is 30.3 Å². The van der Waals surface area contributed by atoms with Gasteiger partial charge in [0.2, 0.25) is 6.29 Å². The first-order valence-corrected chi connectivity index (χ1v) is 8.89. The molecule has 1 fully saturated rings. The highest BCUT2D eigenvalue weighted by molar-refractivity contribution is 5.87. The van der Waals surface area contributed by atoms with Gasteiger partial charge in [-0.15, -0.1) is 0 Å². The summed E-state index contributed by atoms with van der Waals surface area (Å²) < 4.78 is 16.0. The van der Waals surface area contributed by atoms with Crippen LogP contribution < -0.4 is 4.74 Å². The summed E-state index contributed by atoms with van der Waals surface area (Å²) in [7, 11) is 0. The lowest BCUT2D eigenvalue weighted by molar-refractivity contribution is -0.277. The zero-order valence-electron chi connectivity index (χ0n) is 15.1. The van der Waals surface area contributed by atoms with Crippen LogP contribution in [-0.2, 0) is 14.3 Å². The summed E-state index contributed by atoms with van der Waals surface area (Å²) in [6.07, 6.45) is -2.38. The van der Waals surface area contributed by atoms with Gasteiger partial charge >= 0.3 is 5.97 Å². The van der Waals surface area contributed by atoms with Gasteiger partial charge in [0.05, 0.1) is 13.2 Å². The van der Waals surface area contributed by atoms with Gasteiger partial charge in [0.1, 0.15) is 30.2 Å². The Hall–Kier alpha value is -1.97. The van der Waals surface area contributed by atoms with E-state index in [-0.39, 0.29) is 0 Å². The van der Waals surface area contributed by atoms with Crippen molar-refractivity contribution in [1.29, 1.82) is 0 Å². The predicted molar refractivity (Wildman–Crippen MR) is 95.7 cm³/mol. The molecule has 1 aromatic rings. The molecule has 4 N–H and O–H groups in total. The fourth-order valence-electron chi connectivity index (χ4n) is 2.54. The van der Waals surface area contributed by atoms with E-state index < -0.39 is 43.3 Å². The lowest BCUT2D eigenvalue weighted by Crippen LogP contribution is -2.60. The van der Waals surface area contributed by atoms with E-state index in [0.717, 1.165) is 12.8 Å². The number of aliphatic hydroxyl groups excluding tert-OH is 4. The number of carbonyl (C=O) groups is 1. The van der Waals surface area contributed by atoms with Crippen molar-refractivity contribution in [1.82, 2.24) is 0 Å². The fourth-order valence-corrected chi connectivity index (χ4v) is 2.54. The van der Waals surface area contributed by atoms with Crippen LogP contribution in [0.1, 0.15) is 25.3 Å². The largest absolute Gasteiger partial charge is 0.463 e. The Labute approximate surface area is 157 Å². The zero-order valence-corrected chi connectivity index (χ0v) is 15.1. The molecule has 2 rings (SSSR count). The van der Waals surface area contributed by atoms with Gasteiger partial charge in [0.15, 0.2) is 0 Å². The molecule has 0 bridgehead atoms. The van der Waals surface area contributed by atoms with Crippen LogP contribution in [0, 0.1) is 0 Å². The molecule has 1 aromatic carbocycles. The summed E-state index contributed by atoms with van der Waals surface area (Å²) in [5, 5.41) is 39.0. The van der Waals surface area contributed by atoms with Crippen molar-refractivity contribution in [2.24, 2.45) is 0 Å². The van der Waals surface area contributed by atoms with E-state index in [1.807, 2.05) is 6.92 Å². The van der Waals surface area contributed by atoms with E-state index in [0.29, 0.717) is 17.9 Å². The van der Waals surface area contributed by atoms with Crippen LogP contribution in [0.3, 0.4) is 0 Å². The minimum absolute atomic E-state index is 0.291. The Bertz CT molecular complexity index is 630. The van der Waals surface area contributed by atoms with Crippen molar-refractivity contribution in [2.75, 3.05) is 13.2 Å². The van der Waals surface area contributed by atoms with Gasteiger partial charge in [-0.2, -0.15) is 0 Å². The maximum Gasteiger partial charge on any atom is 0.330 e. The van der Waals surface area contributed by atoms with Crippen LogP contribution in [0.2, 0.25) is 0 Å². The highest BCUT2D eigenvalue weighted by atomic mass is 16.7. The third kappa shape index (κ3) is 5.75. The Morgan fingerprint density at radius 2 is 1.93 bits per heavy atom. The molecule has 1 aliphatic rings. The van der Waals surface area contributed by atoms with E-state index in [1.165, 1.54) is 12.2 Å². The maximum absolute atomic E-state index is 11.7. The molecule has 1 saturated heterocycles. The number of hydrogen-bond acceptors (Lipinski definition) is 8. The summed E-state index contributed by atoms with van der Waals surface area (Å²) in [4.78, 5) is 11.7. The molecule has 0 aliphatic carbocycles. The summed E-state index contributed by atoms with van der Waals surface area (Å²) in [6.45, 7) is 1.80. The molecule has 0 spiro atoms. The predicted octanol–water partition coefficient (Wildman–Crippen LogP) is 0.222. The molecule has 1 heterocycles. The van der Waals surface area contributed by atoms with Crippen molar-refractivity contribution in [2.45, 2.75) is 50.5 Å². The van der Waals surface area contributed by atoms with Crippen LogP contribution in [0.5, 0.6) is 5.75 Å². The average molecular weight is 382 g/mol. The zero-order chi connectivity index (χ0) is 19.8. The van der Waals surface area contributed by atoms with Crippen LogP contribution in [0.4, 0.5) is 0 Å². The number of ether oxygens (including phenoxy) is 3. The highest BCUT2D eigenvalue weighted by Gasteiger charge is 2.44. The second kappa shape index (κ2) is 10.4. The van der Waals surface area contributed by atoms with Crippen molar-refractivity contribution in [3.05, 3.63) is 35.9 Å². The van der Waals surface area contributed by atoms with Crippen molar-refractivity contribution >= 4 is 12.0 Å². The first kappa shape index (κ1) is 21.3. The van der Waals surface area contributed by atoms with Gasteiger partial charge in [0.25, 0.3) is 0 Å². The minimum atomic E-state index is -1.53. The van der Waals surface area contributed by atoms with Crippen LogP contribution in [-0.4, -0.2) is 70.3 Å². The number of esters is 1. The normalized spacial score (nSPS) is 28.3. The molecule has 0 unspecified atom stereocenters. The van der Waals surface area contributed by atoms with Crippen molar-refractivity contribution < 1.29 is 39.4 Å². The first-order valence-electron chi connectivity index (χ1n) is 8.89. The van der Waals surface area contributed by atoms with Crippen molar-refractivity contribution in [3.63, 3.8) is 0 Å². The SMILES string of the molecule is CCCCOC(=O)/C=C\c1ccccc1O[C@@H]1O[C@H](CO)[C@@H](O)[C@H](O)[C@H]1O. The van der Waals surface area contributed by atoms with Crippen molar-refractivity contribution in [3.8, 4) is 5.75 Å². The Morgan fingerprint density at radius 3 is 2.63 bits per heavy atom. The third-order valence-corrected chi connectivity index (χ3v) is 4.15. The number of para-hydroxylation sites is 1. The van der Waals surface area contributed by atoms with E-state index >= 15 is 0 Å².